The molecule has 0 aliphatic heterocycles. The maximum absolute atomic E-state index is 15.1. The molecule has 8 heteroatoms. The first-order valence-electron chi connectivity index (χ1n) is 12.6. The lowest BCUT2D eigenvalue weighted by Crippen LogP contribution is -2.50. The minimum atomic E-state index is -0.709. The van der Waals surface area contributed by atoms with Crippen LogP contribution in [0.4, 0.5) is 4.39 Å². The lowest BCUT2D eigenvalue weighted by Gasteiger charge is -2.49. The first kappa shape index (κ1) is 24.7. The number of hydrogen-bond donors (Lipinski definition) is 1. The summed E-state index contributed by atoms with van der Waals surface area (Å²) in [6.45, 7) is 3.99. The normalized spacial score (nSPS) is 24.6. The molecule has 4 atom stereocenters. The topological polar surface area (TPSA) is 123 Å². The molecule has 2 aliphatic rings. The molecular formula is C29H28FN5O2. The van der Waals surface area contributed by atoms with Crippen LogP contribution in [0.3, 0.4) is 0 Å². The van der Waals surface area contributed by atoms with Crippen LogP contribution in [-0.2, 0) is 27.8 Å². The van der Waals surface area contributed by atoms with Gasteiger partial charge < -0.3 is 5.73 Å². The number of ketones is 1. The van der Waals surface area contributed by atoms with E-state index >= 15 is 4.39 Å². The van der Waals surface area contributed by atoms with Gasteiger partial charge >= 0.3 is 0 Å². The molecule has 2 aliphatic carbocycles. The van der Waals surface area contributed by atoms with Crippen LogP contribution in [0.25, 0.3) is 22.6 Å². The molecular weight excluding hydrogens is 469 g/mol. The zero-order valence-corrected chi connectivity index (χ0v) is 20.9. The minimum absolute atomic E-state index is 0.00902. The van der Waals surface area contributed by atoms with E-state index in [0.717, 1.165) is 17.7 Å². The molecule has 5 rings (SSSR count). The van der Waals surface area contributed by atoms with E-state index in [0.29, 0.717) is 47.6 Å². The summed E-state index contributed by atoms with van der Waals surface area (Å²) in [6.07, 6.45) is 3.92. The lowest BCUT2D eigenvalue weighted by atomic mass is 9.54. The largest absolute Gasteiger partial charge is 0.370 e. The van der Waals surface area contributed by atoms with Crippen molar-refractivity contribution in [3.8, 4) is 28.7 Å². The molecule has 1 fully saturated rings. The number of aromatic nitrogens is 3. The van der Waals surface area contributed by atoms with E-state index in [1.165, 1.54) is 6.07 Å². The van der Waals surface area contributed by atoms with E-state index in [1.807, 2.05) is 13.0 Å². The lowest BCUT2D eigenvalue weighted by molar-refractivity contribution is -0.132. The summed E-state index contributed by atoms with van der Waals surface area (Å²) in [5.41, 5.74) is 8.71. The van der Waals surface area contributed by atoms with Gasteiger partial charge in [0.15, 0.2) is 11.6 Å². The average molecular weight is 498 g/mol. The Morgan fingerprint density at radius 1 is 1.27 bits per heavy atom. The highest BCUT2D eigenvalue weighted by Crippen LogP contribution is 2.53. The van der Waals surface area contributed by atoms with Crippen molar-refractivity contribution in [3.63, 3.8) is 0 Å². The van der Waals surface area contributed by atoms with Gasteiger partial charge in [0.2, 0.25) is 5.91 Å². The first-order valence-corrected chi connectivity index (χ1v) is 12.6. The number of carbonyl (C=O) groups excluding carboxylic acids is 2. The molecule has 2 N–H and O–H groups in total. The molecule has 0 saturated heterocycles. The number of pyridine rings is 1. The maximum atomic E-state index is 15.1. The monoisotopic (exact) mass is 497 g/mol. The van der Waals surface area contributed by atoms with Gasteiger partial charge in [0.05, 0.1) is 17.5 Å². The van der Waals surface area contributed by atoms with E-state index in [4.69, 9.17) is 15.7 Å². The molecule has 7 nitrogen and oxygen atoms in total. The van der Waals surface area contributed by atoms with Gasteiger partial charge in [0.25, 0.3) is 0 Å². The van der Waals surface area contributed by atoms with Crippen molar-refractivity contribution in [2.24, 2.45) is 23.5 Å². The van der Waals surface area contributed by atoms with Crippen molar-refractivity contribution in [2.75, 3.05) is 0 Å². The number of aryl methyl sites for hydroxylation is 1. The zero-order valence-electron chi connectivity index (χ0n) is 20.9. The quantitative estimate of drug-likeness (QED) is 0.560. The second-order valence-corrected chi connectivity index (χ2v) is 10.3. The fourth-order valence-electron chi connectivity index (χ4n) is 6.20. The smallest absolute Gasteiger partial charge is 0.217 e. The van der Waals surface area contributed by atoms with Crippen molar-refractivity contribution < 1.29 is 14.0 Å². The van der Waals surface area contributed by atoms with E-state index in [2.05, 4.69) is 18.0 Å². The van der Waals surface area contributed by atoms with E-state index in [1.54, 1.807) is 30.5 Å². The van der Waals surface area contributed by atoms with E-state index < -0.39 is 17.2 Å². The molecule has 37 heavy (non-hydrogen) atoms. The molecule has 1 unspecified atom stereocenters. The number of halogens is 1. The van der Waals surface area contributed by atoms with Crippen LogP contribution < -0.4 is 5.73 Å². The van der Waals surface area contributed by atoms with Crippen LogP contribution >= 0.6 is 0 Å². The minimum Gasteiger partial charge on any atom is -0.370 e. The van der Waals surface area contributed by atoms with Gasteiger partial charge in [-0.15, -0.1) is 0 Å². The number of nitrogens with two attached hydrogens (primary N) is 1. The Labute approximate surface area is 215 Å². The number of amides is 1. The van der Waals surface area contributed by atoms with Gasteiger partial charge in [0, 0.05) is 46.3 Å². The second kappa shape index (κ2) is 9.47. The molecule has 1 aromatic carbocycles. The Morgan fingerprint density at radius 2 is 2.05 bits per heavy atom. The number of Topliss-reactive ketones (excluding diaryl/α,β-unsaturated/α-hetero) is 1. The summed E-state index contributed by atoms with van der Waals surface area (Å²) in [7, 11) is 0. The summed E-state index contributed by atoms with van der Waals surface area (Å²) in [5.74, 6) is -1.33. The summed E-state index contributed by atoms with van der Waals surface area (Å²) < 4.78 is 15.1. The third-order valence-corrected chi connectivity index (χ3v) is 8.08. The Hall–Kier alpha value is -3.99. The molecule has 3 aromatic rings. The number of rotatable bonds is 5. The van der Waals surface area contributed by atoms with Crippen LogP contribution in [0.2, 0.25) is 0 Å². The molecule has 2 aromatic heterocycles. The summed E-state index contributed by atoms with van der Waals surface area (Å²) in [5, 5.41) is 9.76. The van der Waals surface area contributed by atoms with Gasteiger partial charge in [-0.3, -0.25) is 14.6 Å². The Balaban J connectivity index is 1.72. The molecule has 0 bridgehead atoms. The number of hydrogen-bond acceptors (Lipinski definition) is 6. The van der Waals surface area contributed by atoms with Crippen LogP contribution in [-0.4, -0.2) is 26.6 Å². The molecule has 2 heterocycles. The second-order valence-electron chi connectivity index (χ2n) is 10.3. The third-order valence-electron chi connectivity index (χ3n) is 8.08. The van der Waals surface area contributed by atoms with Crippen LogP contribution in [0.1, 0.15) is 50.1 Å². The first-order chi connectivity index (χ1) is 17.7. The highest BCUT2D eigenvalue weighted by Gasteiger charge is 2.53. The van der Waals surface area contributed by atoms with Crippen LogP contribution in [0.15, 0.2) is 42.6 Å². The fraction of sp³-hybridized carbons (Fsp3) is 0.379. The number of nitriles is 1. The van der Waals surface area contributed by atoms with E-state index in [9.17, 15) is 14.9 Å². The highest BCUT2D eigenvalue weighted by molar-refractivity contribution is 5.87. The predicted octanol–water partition coefficient (Wildman–Crippen LogP) is 4.33. The summed E-state index contributed by atoms with van der Waals surface area (Å²) in [4.78, 5) is 38.4. The highest BCUT2D eigenvalue weighted by atomic mass is 19.1. The fourth-order valence-corrected chi connectivity index (χ4v) is 6.20. The summed E-state index contributed by atoms with van der Waals surface area (Å²) in [6, 6.07) is 12.4. The Bertz CT molecular complexity index is 1450. The predicted molar refractivity (Wildman–Crippen MR) is 135 cm³/mol. The van der Waals surface area contributed by atoms with Crippen molar-refractivity contribution in [1.82, 2.24) is 15.0 Å². The number of benzene rings is 1. The van der Waals surface area contributed by atoms with Gasteiger partial charge in [-0.2, -0.15) is 5.26 Å². The zero-order chi connectivity index (χ0) is 26.3. The van der Waals surface area contributed by atoms with Gasteiger partial charge in [-0.1, -0.05) is 26.0 Å². The van der Waals surface area contributed by atoms with E-state index in [-0.39, 0.29) is 29.9 Å². The van der Waals surface area contributed by atoms with Crippen molar-refractivity contribution >= 4 is 11.7 Å². The Morgan fingerprint density at radius 3 is 2.78 bits per heavy atom. The summed E-state index contributed by atoms with van der Waals surface area (Å²) >= 11 is 0. The number of fused-ring (bicyclic) bond motifs is 3. The molecule has 0 spiro atoms. The van der Waals surface area contributed by atoms with Gasteiger partial charge in [-0.25, -0.2) is 14.4 Å². The molecule has 188 valence electrons. The SMILES string of the molecule is C[C@H]1C(=O)C(C#N)C[C@@]2(C)c3nc(-c4ccnc(CCC(N)=O)c4)nc(-c4ccccc4F)c3CC[C@H]12. The van der Waals surface area contributed by atoms with Crippen LogP contribution in [0.5, 0.6) is 0 Å². The maximum Gasteiger partial charge on any atom is 0.217 e. The van der Waals surface area contributed by atoms with Gasteiger partial charge in [0.1, 0.15) is 11.7 Å². The van der Waals surface area contributed by atoms with Crippen molar-refractivity contribution in [3.05, 3.63) is 65.4 Å². The van der Waals surface area contributed by atoms with Crippen LogP contribution in [0, 0.1) is 34.9 Å². The van der Waals surface area contributed by atoms with Crippen molar-refractivity contribution in [1.29, 1.82) is 5.26 Å². The number of nitrogens with zero attached hydrogens (tertiary/aromatic N) is 4. The molecule has 1 saturated carbocycles. The standard InChI is InChI=1S/C29H28FN5O2/c1-16-22-9-8-21-25(20-5-3-4-6-23(20)30)34-28(17-11-12-33-19(13-17)7-10-24(32)36)35-27(21)29(22,2)14-18(15-31)26(16)37/h3-6,11-13,16,18,22H,7-10,14H2,1-2H3,(H2,32,36)/t16-,18?,22-,29-/m1/s1. The number of primary amides is 1. The Kier molecular flexibility index (Phi) is 6.32. The molecule has 0 radical (unpaired) electrons. The van der Waals surface area contributed by atoms with Crippen molar-refractivity contribution in [2.45, 2.75) is 51.4 Å². The third kappa shape index (κ3) is 4.29. The molecule has 1 amide bonds. The number of carbonyl (C=O) groups is 2. The van der Waals surface area contributed by atoms with Gasteiger partial charge in [-0.05, 0) is 55.9 Å². The average Bonchev–Trinajstić information content (AvgIpc) is 2.89.